The molecule has 0 aromatic rings. The van der Waals surface area contributed by atoms with Crippen LogP contribution in [-0.2, 0) is 0 Å². The first kappa shape index (κ1) is 12.0. The summed E-state index contributed by atoms with van der Waals surface area (Å²) in [6.07, 6.45) is 13.9. The van der Waals surface area contributed by atoms with Crippen molar-refractivity contribution in [2.75, 3.05) is 6.61 Å². The molecule has 0 bridgehead atoms. The fourth-order valence-electron chi connectivity index (χ4n) is 4.54. The normalized spacial score (nSPS) is 40.4. The van der Waals surface area contributed by atoms with E-state index in [4.69, 9.17) is 0 Å². The van der Waals surface area contributed by atoms with Crippen LogP contribution in [-0.4, -0.2) is 23.8 Å². The van der Waals surface area contributed by atoms with Crippen LogP contribution in [0.1, 0.15) is 64.2 Å². The third kappa shape index (κ3) is 2.15. The van der Waals surface area contributed by atoms with Crippen molar-refractivity contribution < 1.29 is 5.11 Å². The molecule has 0 radical (unpaired) electrons. The molecule has 0 amide bonds. The average Bonchev–Trinajstić information content (AvgIpc) is 2.83. The molecule has 0 heterocycles. The number of hydrogen-bond acceptors (Lipinski definition) is 2. The Labute approximate surface area is 105 Å². The van der Waals surface area contributed by atoms with E-state index in [2.05, 4.69) is 5.32 Å². The molecule has 3 unspecified atom stereocenters. The highest BCUT2D eigenvalue weighted by atomic mass is 16.3. The molecule has 3 fully saturated rings. The lowest BCUT2D eigenvalue weighted by Crippen LogP contribution is -2.57. The Bertz CT molecular complexity index is 260. The number of aliphatic hydroxyl groups is 1. The van der Waals surface area contributed by atoms with Crippen LogP contribution >= 0.6 is 0 Å². The average molecular weight is 237 g/mol. The maximum absolute atomic E-state index is 9.40. The second-order valence-electron chi connectivity index (χ2n) is 6.66. The predicted octanol–water partition coefficient (Wildman–Crippen LogP) is 2.85. The largest absolute Gasteiger partial charge is 0.396 e. The van der Waals surface area contributed by atoms with Crippen molar-refractivity contribution in [1.29, 1.82) is 0 Å². The van der Waals surface area contributed by atoms with Gasteiger partial charge in [0.25, 0.3) is 0 Å². The Hall–Kier alpha value is -0.0800. The highest BCUT2D eigenvalue weighted by Crippen LogP contribution is 2.52. The lowest BCUT2D eigenvalue weighted by atomic mass is 9.57. The predicted molar refractivity (Wildman–Crippen MR) is 69.9 cm³/mol. The molecule has 3 saturated carbocycles. The van der Waals surface area contributed by atoms with Crippen LogP contribution in [0.5, 0.6) is 0 Å². The summed E-state index contributed by atoms with van der Waals surface area (Å²) in [5, 5.41) is 13.3. The van der Waals surface area contributed by atoms with Gasteiger partial charge >= 0.3 is 0 Å². The Balaban J connectivity index is 1.58. The molecule has 17 heavy (non-hydrogen) atoms. The van der Waals surface area contributed by atoms with Gasteiger partial charge in [-0.15, -0.1) is 0 Å². The lowest BCUT2D eigenvalue weighted by molar-refractivity contribution is 0.0113. The molecule has 98 valence electrons. The molecule has 0 aliphatic heterocycles. The van der Waals surface area contributed by atoms with Crippen LogP contribution in [0.15, 0.2) is 0 Å². The van der Waals surface area contributed by atoms with Gasteiger partial charge in [-0.25, -0.2) is 0 Å². The SMILES string of the molecule is OCC1CCCC1NC1CCC12CCCCC2. The second-order valence-corrected chi connectivity index (χ2v) is 6.66. The van der Waals surface area contributed by atoms with E-state index in [9.17, 15) is 5.11 Å². The number of hydrogen-bond donors (Lipinski definition) is 2. The van der Waals surface area contributed by atoms with Gasteiger partial charge in [0.05, 0.1) is 0 Å². The van der Waals surface area contributed by atoms with Gasteiger partial charge in [0.15, 0.2) is 0 Å². The molecular weight excluding hydrogens is 210 g/mol. The fraction of sp³-hybridized carbons (Fsp3) is 1.00. The van der Waals surface area contributed by atoms with Crippen molar-refractivity contribution in [3.63, 3.8) is 0 Å². The Kier molecular flexibility index (Phi) is 3.45. The van der Waals surface area contributed by atoms with Crippen molar-refractivity contribution in [3.8, 4) is 0 Å². The zero-order valence-corrected chi connectivity index (χ0v) is 11.0. The van der Waals surface area contributed by atoms with Gasteiger partial charge in [0, 0.05) is 18.7 Å². The first-order chi connectivity index (χ1) is 8.34. The third-order valence-electron chi connectivity index (χ3n) is 5.83. The number of aliphatic hydroxyl groups excluding tert-OH is 1. The van der Waals surface area contributed by atoms with Crippen LogP contribution in [0.4, 0.5) is 0 Å². The van der Waals surface area contributed by atoms with E-state index in [1.807, 2.05) is 0 Å². The van der Waals surface area contributed by atoms with Crippen molar-refractivity contribution in [2.45, 2.75) is 76.3 Å². The van der Waals surface area contributed by atoms with Gasteiger partial charge < -0.3 is 10.4 Å². The maximum atomic E-state index is 9.40. The monoisotopic (exact) mass is 237 g/mol. The van der Waals surface area contributed by atoms with Gasteiger partial charge in [-0.2, -0.15) is 0 Å². The van der Waals surface area contributed by atoms with E-state index in [0.29, 0.717) is 24.0 Å². The van der Waals surface area contributed by atoms with Gasteiger partial charge in [0.2, 0.25) is 0 Å². The molecule has 0 saturated heterocycles. The van der Waals surface area contributed by atoms with Crippen molar-refractivity contribution >= 4 is 0 Å². The molecular formula is C15H27NO. The third-order valence-corrected chi connectivity index (χ3v) is 5.83. The first-order valence-electron chi connectivity index (χ1n) is 7.71. The Morgan fingerprint density at radius 3 is 2.41 bits per heavy atom. The minimum Gasteiger partial charge on any atom is -0.396 e. The minimum atomic E-state index is 0.386. The number of nitrogens with one attached hydrogen (secondary N) is 1. The topological polar surface area (TPSA) is 32.3 Å². The van der Waals surface area contributed by atoms with Gasteiger partial charge in [-0.1, -0.05) is 25.7 Å². The Morgan fingerprint density at radius 1 is 0.941 bits per heavy atom. The molecule has 3 rings (SSSR count). The lowest BCUT2D eigenvalue weighted by Gasteiger charge is -2.53. The summed E-state index contributed by atoms with van der Waals surface area (Å²) in [7, 11) is 0. The Morgan fingerprint density at radius 2 is 1.76 bits per heavy atom. The quantitative estimate of drug-likeness (QED) is 0.791. The molecule has 3 atom stereocenters. The van der Waals surface area contributed by atoms with Crippen LogP contribution in [0, 0.1) is 11.3 Å². The van der Waals surface area contributed by atoms with Crippen LogP contribution in [0.2, 0.25) is 0 Å². The summed E-state index contributed by atoms with van der Waals surface area (Å²) < 4.78 is 0. The van der Waals surface area contributed by atoms with E-state index in [0.717, 1.165) is 6.04 Å². The highest BCUT2D eigenvalue weighted by molar-refractivity contribution is 5.03. The minimum absolute atomic E-state index is 0.386. The number of rotatable bonds is 3. The summed E-state index contributed by atoms with van der Waals surface area (Å²) in [5.74, 6) is 0.538. The molecule has 1 spiro atoms. The fourth-order valence-corrected chi connectivity index (χ4v) is 4.54. The van der Waals surface area contributed by atoms with Crippen molar-refractivity contribution in [2.24, 2.45) is 11.3 Å². The smallest absolute Gasteiger partial charge is 0.0474 e. The summed E-state index contributed by atoms with van der Waals surface area (Å²) in [6, 6.07) is 1.39. The molecule has 2 nitrogen and oxygen atoms in total. The van der Waals surface area contributed by atoms with Crippen molar-refractivity contribution in [3.05, 3.63) is 0 Å². The highest BCUT2D eigenvalue weighted by Gasteiger charge is 2.47. The van der Waals surface area contributed by atoms with Crippen LogP contribution in [0.3, 0.4) is 0 Å². The van der Waals surface area contributed by atoms with E-state index < -0.39 is 0 Å². The molecule has 2 heteroatoms. The standard InChI is InChI=1S/C15H27NO/c17-11-12-5-4-6-13(12)16-14-7-10-15(14)8-2-1-3-9-15/h12-14,16-17H,1-11H2. The van der Waals surface area contributed by atoms with E-state index in [-0.39, 0.29) is 0 Å². The van der Waals surface area contributed by atoms with E-state index >= 15 is 0 Å². The molecule has 0 aromatic heterocycles. The van der Waals surface area contributed by atoms with Gasteiger partial charge in [-0.3, -0.25) is 0 Å². The van der Waals surface area contributed by atoms with E-state index in [1.165, 1.54) is 64.2 Å². The summed E-state index contributed by atoms with van der Waals surface area (Å²) in [4.78, 5) is 0. The summed E-state index contributed by atoms with van der Waals surface area (Å²) in [5.41, 5.74) is 0.668. The molecule has 2 N–H and O–H groups in total. The van der Waals surface area contributed by atoms with Crippen LogP contribution < -0.4 is 5.32 Å². The van der Waals surface area contributed by atoms with Crippen LogP contribution in [0.25, 0.3) is 0 Å². The zero-order chi connectivity index (χ0) is 11.7. The van der Waals surface area contributed by atoms with Crippen molar-refractivity contribution in [1.82, 2.24) is 5.32 Å². The maximum Gasteiger partial charge on any atom is 0.0474 e. The molecule has 0 aromatic carbocycles. The zero-order valence-electron chi connectivity index (χ0n) is 11.0. The van der Waals surface area contributed by atoms with Gasteiger partial charge in [0.1, 0.15) is 0 Å². The van der Waals surface area contributed by atoms with E-state index in [1.54, 1.807) is 0 Å². The second kappa shape index (κ2) is 4.89. The first-order valence-corrected chi connectivity index (χ1v) is 7.71. The summed E-state index contributed by atoms with van der Waals surface area (Å²) in [6.45, 7) is 0.386. The van der Waals surface area contributed by atoms with Gasteiger partial charge in [-0.05, 0) is 49.9 Å². The molecule has 3 aliphatic carbocycles. The summed E-state index contributed by atoms with van der Waals surface area (Å²) >= 11 is 0. The molecule has 3 aliphatic rings.